The third-order valence-corrected chi connectivity index (χ3v) is 4.57. The second-order valence-electron chi connectivity index (χ2n) is 6.45. The molecule has 1 aliphatic carbocycles. The van der Waals surface area contributed by atoms with E-state index in [1.54, 1.807) is 0 Å². The predicted molar refractivity (Wildman–Crippen MR) is 86.3 cm³/mol. The molecule has 0 bridgehead atoms. The fraction of sp³-hybridized carbons (Fsp3) is 0.500. The van der Waals surface area contributed by atoms with E-state index in [1.807, 2.05) is 6.20 Å². The fourth-order valence-electron chi connectivity index (χ4n) is 3.10. The van der Waals surface area contributed by atoms with Crippen LogP contribution in [-0.4, -0.2) is 15.6 Å². The number of aryl methyl sites for hydroxylation is 3. The number of aromatic nitrogens is 2. The molecule has 1 atom stereocenters. The highest BCUT2D eigenvalue weighted by Gasteiger charge is 2.44. The molecule has 0 aliphatic heterocycles. The van der Waals surface area contributed by atoms with Crippen molar-refractivity contribution in [2.75, 3.05) is 0 Å². The molecule has 3 nitrogen and oxygen atoms in total. The van der Waals surface area contributed by atoms with E-state index in [2.05, 4.69) is 66.1 Å². The first-order valence-electron chi connectivity index (χ1n) is 7.92. The summed E-state index contributed by atoms with van der Waals surface area (Å²) in [5.41, 5.74) is 3.03. The Morgan fingerprint density at radius 2 is 2.14 bits per heavy atom. The number of benzene rings is 1. The Morgan fingerprint density at radius 1 is 1.33 bits per heavy atom. The van der Waals surface area contributed by atoms with Crippen LogP contribution in [0.1, 0.15) is 43.1 Å². The smallest absolute Gasteiger partial charge is 0.105 e. The molecule has 1 aliphatic rings. The van der Waals surface area contributed by atoms with Crippen molar-refractivity contribution in [1.82, 2.24) is 14.9 Å². The minimum atomic E-state index is 0.232. The van der Waals surface area contributed by atoms with Crippen molar-refractivity contribution in [1.29, 1.82) is 0 Å². The molecule has 1 aromatic carbocycles. The lowest BCUT2D eigenvalue weighted by Gasteiger charge is -2.24. The maximum Gasteiger partial charge on any atom is 0.105 e. The van der Waals surface area contributed by atoms with Gasteiger partial charge in [-0.25, -0.2) is 4.98 Å². The third-order valence-electron chi connectivity index (χ3n) is 4.57. The maximum absolute atomic E-state index is 4.28. The van der Waals surface area contributed by atoms with Crippen LogP contribution in [0, 0.1) is 13.8 Å². The van der Waals surface area contributed by atoms with E-state index in [9.17, 15) is 0 Å². The molecule has 1 aromatic heterocycles. The number of imidazole rings is 1. The molecule has 0 radical (unpaired) electrons. The topological polar surface area (TPSA) is 29.9 Å². The Labute approximate surface area is 127 Å². The van der Waals surface area contributed by atoms with E-state index in [-0.39, 0.29) is 5.54 Å². The first-order chi connectivity index (χ1) is 10.1. The minimum absolute atomic E-state index is 0.232. The van der Waals surface area contributed by atoms with Crippen molar-refractivity contribution in [2.45, 2.75) is 58.2 Å². The number of rotatable bonds is 6. The molecule has 112 valence electrons. The summed E-state index contributed by atoms with van der Waals surface area (Å²) in [6.45, 7) is 7.56. The SMILES string of the molecule is Cc1cccc(C2(N[C@H](C)CCn3ccnc3C)CC2)c1. The van der Waals surface area contributed by atoms with Gasteiger partial charge < -0.3 is 9.88 Å². The van der Waals surface area contributed by atoms with Crippen molar-refractivity contribution in [3.63, 3.8) is 0 Å². The minimum Gasteiger partial charge on any atom is -0.335 e. The molecule has 21 heavy (non-hydrogen) atoms. The number of hydrogen-bond donors (Lipinski definition) is 1. The van der Waals surface area contributed by atoms with Crippen LogP contribution in [0.4, 0.5) is 0 Å². The lowest BCUT2D eigenvalue weighted by molar-refractivity contribution is 0.401. The number of nitrogens with one attached hydrogen (secondary N) is 1. The first kappa shape index (κ1) is 14.3. The summed E-state index contributed by atoms with van der Waals surface area (Å²) < 4.78 is 2.23. The van der Waals surface area contributed by atoms with Crippen molar-refractivity contribution in [3.8, 4) is 0 Å². The van der Waals surface area contributed by atoms with Crippen molar-refractivity contribution in [3.05, 3.63) is 53.6 Å². The summed E-state index contributed by atoms with van der Waals surface area (Å²) in [5, 5.41) is 3.86. The fourth-order valence-corrected chi connectivity index (χ4v) is 3.10. The Morgan fingerprint density at radius 3 is 2.76 bits per heavy atom. The molecule has 0 saturated heterocycles. The summed E-state index contributed by atoms with van der Waals surface area (Å²) in [6.07, 6.45) is 7.58. The number of hydrogen-bond acceptors (Lipinski definition) is 2. The average molecular weight is 283 g/mol. The van der Waals surface area contributed by atoms with Gasteiger partial charge in [-0.15, -0.1) is 0 Å². The third kappa shape index (κ3) is 3.18. The summed E-state index contributed by atoms with van der Waals surface area (Å²) in [6, 6.07) is 9.44. The molecular formula is C18H25N3. The number of nitrogens with zero attached hydrogens (tertiary/aromatic N) is 2. The normalized spacial score (nSPS) is 17.7. The van der Waals surface area contributed by atoms with Crippen molar-refractivity contribution in [2.24, 2.45) is 0 Å². The van der Waals surface area contributed by atoms with Crippen LogP contribution in [0.3, 0.4) is 0 Å². The molecule has 0 spiro atoms. The average Bonchev–Trinajstić information content (AvgIpc) is 3.12. The van der Waals surface area contributed by atoms with Gasteiger partial charge in [0.2, 0.25) is 0 Å². The molecule has 3 heteroatoms. The Kier molecular flexibility index (Phi) is 3.85. The van der Waals surface area contributed by atoms with Crippen LogP contribution in [-0.2, 0) is 12.1 Å². The van der Waals surface area contributed by atoms with Crippen LogP contribution in [0.15, 0.2) is 36.7 Å². The summed E-state index contributed by atoms with van der Waals surface area (Å²) in [7, 11) is 0. The van der Waals surface area contributed by atoms with Crippen LogP contribution in [0.2, 0.25) is 0 Å². The van der Waals surface area contributed by atoms with E-state index in [1.165, 1.54) is 24.0 Å². The predicted octanol–water partition coefficient (Wildman–Crippen LogP) is 3.56. The highest BCUT2D eigenvalue weighted by molar-refractivity contribution is 5.33. The molecule has 0 amide bonds. The molecule has 1 fully saturated rings. The quantitative estimate of drug-likeness (QED) is 0.878. The van der Waals surface area contributed by atoms with Gasteiger partial charge in [-0.3, -0.25) is 0 Å². The van der Waals surface area contributed by atoms with Crippen molar-refractivity contribution >= 4 is 0 Å². The van der Waals surface area contributed by atoms with Gasteiger partial charge in [-0.1, -0.05) is 29.8 Å². The first-order valence-corrected chi connectivity index (χ1v) is 7.92. The zero-order chi connectivity index (χ0) is 14.9. The Hall–Kier alpha value is -1.61. The van der Waals surface area contributed by atoms with E-state index in [4.69, 9.17) is 0 Å². The van der Waals surface area contributed by atoms with Crippen molar-refractivity contribution < 1.29 is 0 Å². The lowest BCUT2D eigenvalue weighted by Crippen LogP contribution is -2.37. The molecular weight excluding hydrogens is 258 g/mol. The van der Waals surface area contributed by atoms with E-state index in [0.29, 0.717) is 6.04 Å². The summed E-state index contributed by atoms with van der Waals surface area (Å²) >= 11 is 0. The van der Waals surface area contributed by atoms with Gasteiger partial charge in [-0.05, 0) is 45.6 Å². The second-order valence-corrected chi connectivity index (χ2v) is 6.45. The zero-order valence-electron chi connectivity index (χ0n) is 13.3. The summed E-state index contributed by atoms with van der Waals surface area (Å²) in [4.78, 5) is 4.28. The molecule has 1 heterocycles. The van der Waals surface area contributed by atoms with Gasteiger partial charge in [-0.2, -0.15) is 0 Å². The monoisotopic (exact) mass is 283 g/mol. The standard InChI is InChI=1S/C18H25N3/c1-14-5-4-6-17(13-14)18(8-9-18)20-15(2)7-11-21-12-10-19-16(21)3/h4-6,10,12-13,15,20H,7-9,11H2,1-3H3/t15-/m1/s1. The van der Waals surface area contributed by atoms with E-state index in [0.717, 1.165) is 18.8 Å². The van der Waals surface area contributed by atoms with Gasteiger partial charge >= 0.3 is 0 Å². The summed E-state index contributed by atoms with van der Waals surface area (Å²) in [5.74, 6) is 1.10. The van der Waals surface area contributed by atoms with Crippen LogP contribution >= 0.6 is 0 Å². The van der Waals surface area contributed by atoms with Gasteiger partial charge in [0.15, 0.2) is 0 Å². The van der Waals surface area contributed by atoms with E-state index >= 15 is 0 Å². The van der Waals surface area contributed by atoms with E-state index < -0.39 is 0 Å². The molecule has 1 saturated carbocycles. The highest BCUT2D eigenvalue weighted by Crippen LogP contribution is 2.46. The maximum atomic E-state index is 4.28. The highest BCUT2D eigenvalue weighted by atomic mass is 15.1. The largest absolute Gasteiger partial charge is 0.335 e. The lowest BCUT2D eigenvalue weighted by atomic mass is 10.0. The van der Waals surface area contributed by atoms with Gasteiger partial charge in [0.25, 0.3) is 0 Å². The van der Waals surface area contributed by atoms with Gasteiger partial charge in [0, 0.05) is 30.5 Å². The van der Waals surface area contributed by atoms with Crippen LogP contribution in [0.25, 0.3) is 0 Å². The molecule has 1 N–H and O–H groups in total. The second kappa shape index (κ2) is 5.64. The molecule has 2 aromatic rings. The zero-order valence-corrected chi connectivity index (χ0v) is 13.3. The van der Waals surface area contributed by atoms with Gasteiger partial charge in [0.05, 0.1) is 0 Å². The van der Waals surface area contributed by atoms with Crippen LogP contribution < -0.4 is 5.32 Å². The Bertz CT molecular complexity index is 610. The Balaban J connectivity index is 1.59. The van der Waals surface area contributed by atoms with Gasteiger partial charge in [0.1, 0.15) is 5.82 Å². The van der Waals surface area contributed by atoms with Crippen LogP contribution in [0.5, 0.6) is 0 Å². The molecule has 0 unspecified atom stereocenters. The molecule has 3 rings (SSSR count).